The molecule has 0 amide bonds. The van der Waals surface area contributed by atoms with Gasteiger partial charge in [0.15, 0.2) is 5.13 Å². The van der Waals surface area contributed by atoms with Crippen molar-refractivity contribution >= 4 is 28.1 Å². The fourth-order valence-corrected chi connectivity index (χ4v) is 2.63. The largest absolute Gasteiger partial charge is 0.361 e. The van der Waals surface area contributed by atoms with Crippen LogP contribution in [0.1, 0.15) is 27.7 Å². The van der Waals surface area contributed by atoms with Crippen molar-refractivity contribution in [1.82, 2.24) is 4.98 Å². The number of nitrogens with one attached hydrogen (secondary N) is 1. The molecule has 0 saturated carbocycles. The van der Waals surface area contributed by atoms with Crippen LogP contribution in [-0.2, 0) is 0 Å². The molecule has 1 heterocycles. The second-order valence-electron chi connectivity index (χ2n) is 4.51. The molecule has 0 radical (unpaired) electrons. The van der Waals surface area contributed by atoms with Gasteiger partial charge in [-0.3, -0.25) is 0 Å². The second kappa shape index (κ2) is 5.71. The molecule has 0 fully saturated rings. The highest BCUT2D eigenvalue weighted by Gasteiger charge is 2.17. The van der Waals surface area contributed by atoms with Gasteiger partial charge < -0.3 is 5.32 Å². The second-order valence-corrected chi connectivity index (χ2v) is 5.75. The van der Waals surface area contributed by atoms with E-state index in [0.29, 0.717) is 22.9 Å². The van der Waals surface area contributed by atoms with Crippen molar-refractivity contribution in [2.45, 2.75) is 27.7 Å². The molecule has 2 nitrogen and oxygen atoms in total. The summed E-state index contributed by atoms with van der Waals surface area (Å²) in [5, 5.41) is 6.70. The topological polar surface area (TPSA) is 24.9 Å². The third-order valence-corrected chi connectivity index (χ3v) is 3.80. The number of aromatic nitrogens is 1. The van der Waals surface area contributed by atoms with Gasteiger partial charge in [0.1, 0.15) is 5.15 Å². The summed E-state index contributed by atoms with van der Waals surface area (Å²) in [6.45, 7) is 10.0. The molecular formula is C11H19ClN2S. The van der Waals surface area contributed by atoms with E-state index in [0.717, 1.165) is 11.7 Å². The maximum atomic E-state index is 5.76. The van der Waals surface area contributed by atoms with E-state index in [4.69, 9.17) is 11.6 Å². The van der Waals surface area contributed by atoms with Crippen molar-refractivity contribution in [2.24, 2.45) is 17.8 Å². The molecule has 1 aromatic heterocycles. The first-order valence-corrected chi connectivity index (χ1v) is 6.61. The molecule has 0 atom stereocenters. The first-order valence-electron chi connectivity index (χ1n) is 5.35. The van der Waals surface area contributed by atoms with Gasteiger partial charge in [0.25, 0.3) is 0 Å². The van der Waals surface area contributed by atoms with E-state index in [1.165, 1.54) is 0 Å². The van der Waals surface area contributed by atoms with Crippen LogP contribution in [0.25, 0.3) is 0 Å². The van der Waals surface area contributed by atoms with Crippen molar-refractivity contribution in [1.29, 1.82) is 0 Å². The highest BCUT2D eigenvalue weighted by atomic mass is 35.5. The lowest BCUT2D eigenvalue weighted by molar-refractivity contribution is 0.304. The minimum absolute atomic E-state index is 0.577. The van der Waals surface area contributed by atoms with E-state index in [1.807, 2.05) is 5.38 Å². The number of nitrogens with zero attached hydrogens (tertiary/aromatic N) is 1. The zero-order valence-electron chi connectivity index (χ0n) is 9.75. The number of anilines is 1. The first-order chi connectivity index (χ1) is 7.00. The lowest BCUT2D eigenvalue weighted by Gasteiger charge is -2.24. The summed E-state index contributed by atoms with van der Waals surface area (Å²) in [4.78, 5) is 4.17. The molecule has 0 unspecified atom stereocenters. The van der Waals surface area contributed by atoms with Gasteiger partial charge in [0, 0.05) is 11.9 Å². The quantitative estimate of drug-likeness (QED) is 0.845. The molecule has 0 aliphatic carbocycles. The normalized spacial score (nSPS) is 11.7. The Hall–Kier alpha value is -0.280. The molecule has 0 aliphatic rings. The third kappa shape index (κ3) is 3.99. The van der Waals surface area contributed by atoms with Crippen LogP contribution in [-0.4, -0.2) is 11.5 Å². The Balaban J connectivity index is 2.47. The fourth-order valence-electron chi connectivity index (χ4n) is 1.78. The molecular weight excluding hydrogens is 228 g/mol. The van der Waals surface area contributed by atoms with E-state index in [9.17, 15) is 0 Å². The predicted octanol–water partition coefficient (Wildman–Crippen LogP) is 4.14. The Labute approximate surface area is 101 Å². The van der Waals surface area contributed by atoms with E-state index >= 15 is 0 Å². The van der Waals surface area contributed by atoms with Crippen LogP contribution in [0.4, 0.5) is 5.13 Å². The third-order valence-electron chi connectivity index (χ3n) is 2.68. The highest BCUT2D eigenvalue weighted by Crippen LogP contribution is 2.23. The lowest BCUT2D eigenvalue weighted by atomic mass is 9.86. The van der Waals surface area contributed by atoms with Gasteiger partial charge >= 0.3 is 0 Å². The number of halogens is 1. The minimum atomic E-state index is 0.577. The van der Waals surface area contributed by atoms with Gasteiger partial charge in [-0.2, -0.15) is 0 Å². The molecule has 4 heteroatoms. The SMILES string of the molecule is CC(C)C(CNc1nc(Cl)cs1)C(C)C. The summed E-state index contributed by atoms with van der Waals surface area (Å²) in [5.74, 6) is 2.05. The molecule has 1 aromatic rings. The van der Waals surface area contributed by atoms with Crippen molar-refractivity contribution in [3.8, 4) is 0 Å². The zero-order chi connectivity index (χ0) is 11.4. The molecule has 0 aromatic carbocycles. The fraction of sp³-hybridized carbons (Fsp3) is 0.727. The van der Waals surface area contributed by atoms with Crippen LogP contribution in [0.2, 0.25) is 5.15 Å². The molecule has 15 heavy (non-hydrogen) atoms. The Bertz CT molecular complexity index is 289. The standard InChI is InChI=1S/C11H19ClN2S/c1-7(2)9(8(3)4)5-13-11-14-10(12)6-15-11/h6-9H,5H2,1-4H3,(H,13,14). The van der Waals surface area contributed by atoms with Crippen LogP contribution >= 0.6 is 22.9 Å². The maximum absolute atomic E-state index is 5.76. The number of thiazole rings is 1. The minimum Gasteiger partial charge on any atom is -0.361 e. The van der Waals surface area contributed by atoms with E-state index in [2.05, 4.69) is 38.0 Å². The van der Waals surface area contributed by atoms with E-state index in [1.54, 1.807) is 11.3 Å². The molecule has 1 rings (SSSR count). The monoisotopic (exact) mass is 246 g/mol. The van der Waals surface area contributed by atoms with Crippen molar-refractivity contribution < 1.29 is 0 Å². The van der Waals surface area contributed by atoms with Crippen molar-refractivity contribution in [3.63, 3.8) is 0 Å². The Morgan fingerprint density at radius 2 is 1.93 bits per heavy atom. The smallest absolute Gasteiger partial charge is 0.184 e. The summed E-state index contributed by atoms with van der Waals surface area (Å²) in [5.41, 5.74) is 0. The summed E-state index contributed by atoms with van der Waals surface area (Å²) >= 11 is 7.32. The van der Waals surface area contributed by atoms with Crippen LogP contribution in [0, 0.1) is 17.8 Å². The number of rotatable bonds is 5. The summed E-state index contributed by atoms with van der Waals surface area (Å²) < 4.78 is 0. The van der Waals surface area contributed by atoms with Crippen molar-refractivity contribution in [3.05, 3.63) is 10.5 Å². The maximum Gasteiger partial charge on any atom is 0.184 e. The van der Waals surface area contributed by atoms with Crippen LogP contribution in [0.15, 0.2) is 5.38 Å². The van der Waals surface area contributed by atoms with Gasteiger partial charge in [0.05, 0.1) is 0 Å². The Morgan fingerprint density at radius 1 is 1.33 bits per heavy atom. The molecule has 0 spiro atoms. The molecule has 0 aliphatic heterocycles. The van der Waals surface area contributed by atoms with Crippen molar-refractivity contribution in [2.75, 3.05) is 11.9 Å². The predicted molar refractivity (Wildman–Crippen MR) is 68.8 cm³/mol. The summed E-state index contributed by atoms with van der Waals surface area (Å²) in [7, 11) is 0. The number of hydrogen-bond donors (Lipinski definition) is 1. The van der Waals surface area contributed by atoms with Gasteiger partial charge in [-0.15, -0.1) is 11.3 Å². The lowest BCUT2D eigenvalue weighted by Crippen LogP contribution is -2.24. The van der Waals surface area contributed by atoms with Crippen LogP contribution in [0.3, 0.4) is 0 Å². The molecule has 86 valence electrons. The Morgan fingerprint density at radius 3 is 2.33 bits per heavy atom. The summed E-state index contributed by atoms with van der Waals surface area (Å²) in [6.07, 6.45) is 0. The van der Waals surface area contributed by atoms with Gasteiger partial charge in [-0.1, -0.05) is 39.3 Å². The molecule has 0 bridgehead atoms. The highest BCUT2D eigenvalue weighted by molar-refractivity contribution is 7.14. The van der Waals surface area contributed by atoms with Gasteiger partial charge in [-0.25, -0.2) is 4.98 Å². The Kier molecular flexibility index (Phi) is 4.87. The van der Waals surface area contributed by atoms with E-state index < -0.39 is 0 Å². The average Bonchev–Trinajstić information content (AvgIpc) is 2.50. The number of hydrogen-bond acceptors (Lipinski definition) is 3. The first kappa shape index (κ1) is 12.8. The molecule has 1 N–H and O–H groups in total. The van der Waals surface area contributed by atoms with E-state index in [-0.39, 0.29) is 0 Å². The van der Waals surface area contributed by atoms with Gasteiger partial charge in [0.2, 0.25) is 0 Å². The van der Waals surface area contributed by atoms with Gasteiger partial charge in [-0.05, 0) is 17.8 Å². The van der Waals surface area contributed by atoms with Crippen LogP contribution < -0.4 is 5.32 Å². The average molecular weight is 247 g/mol. The van der Waals surface area contributed by atoms with Crippen LogP contribution in [0.5, 0.6) is 0 Å². The zero-order valence-corrected chi connectivity index (χ0v) is 11.3. The molecule has 0 saturated heterocycles. The summed E-state index contributed by atoms with van der Waals surface area (Å²) in [6, 6.07) is 0.